The lowest BCUT2D eigenvalue weighted by atomic mass is 9.81. The van der Waals surface area contributed by atoms with Crippen LogP contribution in [0, 0.1) is 11.8 Å². The van der Waals surface area contributed by atoms with Crippen molar-refractivity contribution in [3.8, 4) is 0 Å². The Kier molecular flexibility index (Phi) is 7.10. The fourth-order valence-corrected chi connectivity index (χ4v) is 5.98. The summed E-state index contributed by atoms with van der Waals surface area (Å²) in [4.78, 5) is 22.2. The first-order valence-corrected chi connectivity index (χ1v) is 13.1. The number of benzene rings is 2. The van der Waals surface area contributed by atoms with Gasteiger partial charge in [-0.3, -0.25) is 14.7 Å². The first-order chi connectivity index (χ1) is 16.5. The summed E-state index contributed by atoms with van der Waals surface area (Å²) >= 11 is 12.3. The molecule has 1 aromatic heterocycles. The molecule has 2 aliphatic heterocycles. The summed E-state index contributed by atoms with van der Waals surface area (Å²) in [6.45, 7) is 6.29. The molecule has 1 unspecified atom stereocenters. The molecule has 2 fully saturated rings. The predicted octanol–water partition coefficient (Wildman–Crippen LogP) is 6.35. The van der Waals surface area contributed by atoms with Gasteiger partial charge in [-0.2, -0.15) is 0 Å². The highest BCUT2D eigenvalue weighted by Gasteiger charge is 2.33. The minimum absolute atomic E-state index is 0.137. The number of rotatable bonds is 4. The Morgan fingerprint density at radius 3 is 2.59 bits per heavy atom. The summed E-state index contributed by atoms with van der Waals surface area (Å²) < 4.78 is 0. The van der Waals surface area contributed by atoms with Crippen molar-refractivity contribution in [2.75, 3.05) is 26.2 Å². The Morgan fingerprint density at radius 1 is 1.00 bits per heavy atom. The lowest BCUT2D eigenvalue weighted by Crippen LogP contribution is -2.51. The van der Waals surface area contributed by atoms with Crippen molar-refractivity contribution < 1.29 is 4.79 Å². The molecular formula is C28H31Cl2N3O. The maximum absolute atomic E-state index is 13.1. The van der Waals surface area contributed by atoms with Crippen LogP contribution in [0.25, 0.3) is 10.9 Å². The zero-order valence-corrected chi connectivity index (χ0v) is 21.1. The highest BCUT2D eigenvalue weighted by molar-refractivity contribution is 6.42. The van der Waals surface area contributed by atoms with E-state index >= 15 is 0 Å². The van der Waals surface area contributed by atoms with E-state index in [0.717, 1.165) is 61.9 Å². The van der Waals surface area contributed by atoms with Crippen LogP contribution in [0.2, 0.25) is 10.0 Å². The van der Waals surface area contributed by atoms with Gasteiger partial charge < -0.3 is 4.90 Å². The monoisotopic (exact) mass is 495 g/mol. The zero-order chi connectivity index (χ0) is 23.7. The summed E-state index contributed by atoms with van der Waals surface area (Å²) in [6, 6.07) is 16.3. The van der Waals surface area contributed by atoms with E-state index in [1.165, 1.54) is 12.0 Å². The third kappa shape index (κ3) is 5.10. The molecule has 0 bridgehead atoms. The fraction of sp³-hybridized carbons (Fsp3) is 0.429. The lowest BCUT2D eigenvalue weighted by molar-refractivity contribution is 0.0436. The van der Waals surface area contributed by atoms with Crippen molar-refractivity contribution in [2.24, 2.45) is 11.8 Å². The fourth-order valence-electron chi connectivity index (χ4n) is 5.66. The second kappa shape index (κ2) is 10.2. The van der Waals surface area contributed by atoms with Crippen molar-refractivity contribution in [1.29, 1.82) is 0 Å². The van der Waals surface area contributed by atoms with Gasteiger partial charge >= 0.3 is 0 Å². The summed E-state index contributed by atoms with van der Waals surface area (Å²) in [5.41, 5.74) is 2.96. The first-order valence-electron chi connectivity index (χ1n) is 12.3. The van der Waals surface area contributed by atoms with E-state index in [0.29, 0.717) is 27.9 Å². The molecule has 3 heterocycles. The molecule has 3 aromatic rings. The van der Waals surface area contributed by atoms with Gasteiger partial charge in [0.2, 0.25) is 0 Å². The van der Waals surface area contributed by atoms with Crippen LogP contribution in [0.4, 0.5) is 0 Å². The summed E-state index contributed by atoms with van der Waals surface area (Å²) in [6.07, 6.45) is 6.13. The third-order valence-corrected chi connectivity index (χ3v) is 8.45. The number of likely N-dealkylation sites (tertiary alicyclic amines) is 2. The average Bonchev–Trinajstić information content (AvgIpc) is 2.87. The molecule has 1 amide bonds. The Hall–Kier alpha value is -2.14. The normalized spacial score (nSPS) is 22.3. The topological polar surface area (TPSA) is 36.4 Å². The molecule has 34 heavy (non-hydrogen) atoms. The number of piperidine rings is 2. The molecule has 2 aromatic carbocycles. The van der Waals surface area contributed by atoms with Gasteiger partial charge in [0, 0.05) is 42.8 Å². The number of pyridine rings is 1. The molecule has 0 aliphatic carbocycles. The van der Waals surface area contributed by atoms with Gasteiger partial charge in [-0.25, -0.2) is 0 Å². The second-order valence-electron chi connectivity index (χ2n) is 9.91. The minimum atomic E-state index is 0.137. The molecular weight excluding hydrogens is 465 g/mol. The maximum atomic E-state index is 13.1. The van der Waals surface area contributed by atoms with Crippen LogP contribution in [0.15, 0.2) is 54.7 Å². The van der Waals surface area contributed by atoms with Crippen molar-refractivity contribution in [3.05, 3.63) is 75.9 Å². The van der Waals surface area contributed by atoms with Crippen molar-refractivity contribution in [1.82, 2.24) is 14.8 Å². The number of hydrogen-bond acceptors (Lipinski definition) is 3. The highest BCUT2D eigenvalue weighted by Crippen LogP contribution is 2.32. The van der Waals surface area contributed by atoms with Crippen LogP contribution >= 0.6 is 23.2 Å². The number of amides is 1. The minimum Gasteiger partial charge on any atom is -0.339 e. The molecule has 0 radical (unpaired) electrons. The smallest absolute Gasteiger partial charge is 0.253 e. The number of nitrogens with zero attached hydrogens (tertiary/aromatic N) is 3. The molecule has 0 N–H and O–H groups in total. The van der Waals surface area contributed by atoms with Crippen LogP contribution in [-0.2, 0) is 6.42 Å². The van der Waals surface area contributed by atoms with Crippen molar-refractivity contribution in [2.45, 2.75) is 38.6 Å². The van der Waals surface area contributed by atoms with E-state index in [-0.39, 0.29) is 5.91 Å². The van der Waals surface area contributed by atoms with E-state index in [1.54, 1.807) is 6.20 Å². The van der Waals surface area contributed by atoms with Crippen LogP contribution in [-0.4, -0.2) is 52.9 Å². The van der Waals surface area contributed by atoms with Crippen molar-refractivity contribution >= 4 is 40.0 Å². The standard InChI is InChI=1S/C28H31Cl2N3O/c1-19-18-33(12-8-21(19)15-20-4-6-25(29)26(30)16-20)24-9-13-32(14-10-24)28(34)23-5-7-27-22(17-23)3-2-11-31-27/h2-7,11,16-17,19,21,24H,8-10,12-15,18H2,1H3/t19?,21-/m1/s1. The summed E-state index contributed by atoms with van der Waals surface area (Å²) in [5.74, 6) is 1.43. The molecule has 0 spiro atoms. The van der Waals surface area contributed by atoms with Crippen LogP contribution in [0.3, 0.4) is 0 Å². The molecule has 2 aliphatic rings. The van der Waals surface area contributed by atoms with Gasteiger partial charge in [0.05, 0.1) is 15.6 Å². The lowest BCUT2D eigenvalue weighted by Gasteiger charge is -2.44. The average molecular weight is 496 g/mol. The van der Waals surface area contributed by atoms with Crippen LogP contribution in [0.1, 0.15) is 42.1 Å². The summed E-state index contributed by atoms with van der Waals surface area (Å²) in [7, 11) is 0. The Bertz CT molecular complexity index is 1180. The quantitative estimate of drug-likeness (QED) is 0.423. The molecule has 6 heteroatoms. The zero-order valence-electron chi connectivity index (χ0n) is 19.6. The number of halogens is 2. The predicted molar refractivity (Wildman–Crippen MR) is 140 cm³/mol. The number of carbonyl (C=O) groups is 1. The molecule has 4 nitrogen and oxygen atoms in total. The largest absolute Gasteiger partial charge is 0.339 e. The molecule has 5 rings (SSSR count). The van der Waals surface area contributed by atoms with Gasteiger partial charge in [-0.05, 0) is 86.0 Å². The highest BCUT2D eigenvalue weighted by atomic mass is 35.5. The molecule has 2 atom stereocenters. The van der Waals surface area contributed by atoms with E-state index in [4.69, 9.17) is 23.2 Å². The van der Waals surface area contributed by atoms with Crippen LogP contribution < -0.4 is 0 Å². The Labute approximate surface area is 211 Å². The van der Waals surface area contributed by atoms with Crippen molar-refractivity contribution in [3.63, 3.8) is 0 Å². The molecule has 0 saturated carbocycles. The molecule has 178 valence electrons. The number of carbonyl (C=O) groups excluding carboxylic acids is 1. The first kappa shape index (κ1) is 23.6. The van der Waals surface area contributed by atoms with Crippen LogP contribution in [0.5, 0.6) is 0 Å². The third-order valence-electron chi connectivity index (χ3n) is 7.71. The second-order valence-corrected chi connectivity index (χ2v) is 10.7. The van der Waals surface area contributed by atoms with Gasteiger partial charge in [-0.1, -0.05) is 42.3 Å². The SMILES string of the molecule is CC1CN(C2CCN(C(=O)c3ccc4ncccc4c3)CC2)CC[C@@H]1Cc1ccc(Cl)c(Cl)c1. The Morgan fingerprint density at radius 2 is 1.82 bits per heavy atom. The van der Waals surface area contributed by atoms with Gasteiger partial charge in [-0.15, -0.1) is 0 Å². The van der Waals surface area contributed by atoms with E-state index in [1.807, 2.05) is 47.4 Å². The maximum Gasteiger partial charge on any atom is 0.253 e. The number of aromatic nitrogens is 1. The Balaban J connectivity index is 1.14. The number of hydrogen-bond donors (Lipinski definition) is 0. The van der Waals surface area contributed by atoms with E-state index in [2.05, 4.69) is 22.9 Å². The van der Waals surface area contributed by atoms with Gasteiger partial charge in [0.1, 0.15) is 0 Å². The van der Waals surface area contributed by atoms with Gasteiger partial charge in [0.15, 0.2) is 0 Å². The van der Waals surface area contributed by atoms with E-state index < -0.39 is 0 Å². The van der Waals surface area contributed by atoms with E-state index in [9.17, 15) is 4.79 Å². The molecule has 2 saturated heterocycles. The summed E-state index contributed by atoms with van der Waals surface area (Å²) in [5, 5.41) is 2.28. The van der Waals surface area contributed by atoms with Gasteiger partial charge in [0.25, 0.3) is 5.91 Å². The number of fused-ring (bicyclic) bond motifs is 1.